The second kappa shape index (κ2) is 6.70. The standard InChI is InChI=1S/C19H26N4O3/c1-13-8-18(2,3)12-19(9-13)16(25)23(17(26)22-19)11-15(24)21-10-14-4-6-20-7-5-14/h4-7,13H,8-12H2,1-3H3,(H,21,24)(H,22,26)/t13-,19-/m0/s1. The first-order chi connectivity index (χ1) is 12.2. The molecule has 1 aromatic heterocycles. The minimum atomic E-state index is -0.871. The number of aromatic nitrogens is 1. The third-order valence-corrected chi connectivity index (χ3v) is 5.16. The molecular weight excluding hydrogens is 332 g/mol. The topological polar surface area (TPSA) is 91.4 Å². The molecule has 2 heterocycles. The molecule has 2 aliphatic rings. The van der Waals surface area contributed by atoms with Gasteiger partial charge in [-0.25, -0.2) is 4.79 Å². The van der Waals surface area contributed by atoms with E-state index in [9.17, 15) is 14.4 Å². The molecule has 1 saturated carbocycles. The molecule has 1 aromatic rings. The summed E-state index contributed by atoms with van der Waals surface area (Å²) >= 11 is 0. The molecule has 0 radical (unpaired) electrons. The van der Waals surface area contributed by atoms with Crippen LogP contribution in [0.5, 0.6) is 0 Å². The van der Waals surface area contributed by atoms with Gasteiger partial charge in [-0.1, -0.05) is 20.8 Å². The molecule has 0 bridgehead atoms. The Morgan fingerprint density at radius 3 is 2.65 bits per heavy atom. The molecule has 3 rings (SSSR count). The van der Waals surface area contributed by atoms with Gasteiger partial charge in [-0.2, -0.15) is 0 Å². The summed E-state index contributed by atoms with van der Waals surface area (Å²) in [5, 5.41) is 5.63. The van der Waals surface area contributed by atoms with Crippen molar-refractivity contribution in [2.75, 3.05) is 6.54 Å². The fraction of sp³-hybridized carbons (Fsp3) is 0.579. The van der Waals surface area contributed by atoms with Gasteiger partial charge in [-0.3, -0.25) is 19.5 Å². The molecule has 140 valence electrons. The zero-order chi connectivity index (χ0) is 18.9. The highest BCUT2D eigenvalue weighted by Crippen LogP contribution is 2.46. The van der Waals surface area contributed by atoms with E-state index in [1.807, 2.05) is 0 Å². The minimum absolute atomic E-state index is 0.0276. The van der Waals surface area contributed by atoms with Gasteiger partial charge in [-0.05, 0) is 48.3 Å². The normalized spacial score (nSPS) is 27.5. The first-order valence-corrected chi connectivity index (χ1v) is 9.00. The number of amides is 4. The SMILES string of the molecule is C[C@H]1CC(C)(C)C[C@]2(C1)NC(=O)N(CC(=O)NCc1ccncc1)C2=O. The van der Waals surface area contributed by atoms with E-state index in [4.69, 9.17) is 0 Å². The lowest BCUT2D eigenvalue weighted by molar-refractivity contribution is -0.137. The summed E-state index contributed by atoms with van der Waals surface area (Å²) in [5.41, 5.74) is 0.00833. The van der Waals surface area contributed by atoms with Crippen molar-refractivity contribution in [3.8, 4) is 0 Å². The lowest BCUT2D eigenvalue weighted by Crippen LogP contribution is -2.54. The second-order valence-electron chi connectivity index (χ2n) is 8.39. The van der Waals surface area contributed by atoms with Crippen molar-refractivity contribution in [1.82, 2.24) is 20.5 Å². The number of urea groups is 1. The van der Waals surface area contributed by atoms with Crippen LogP contribution in [0.1, 0.15) is 45.6 Å². The monoisotopic (exact) mass is 358 g/mol. The third-order valence-electron chi connectivity index (χ3n) is 5.16. The van der Waals surface area contributed by atoms with Crippen LogP contribution in [0.15, 0.2) is 24.5 Å². The molecule has 26 heavy (non-hydrogen) atoms. The quantitative estimate of drug-likeness (QED) is 0.804. The maximum Gasteiger partial charge on any atom is 0.325 e. The molecule has 1 spiro atoms. The largest absolute Gasteiger partial charge is 0.350 e. The predicted octanol–water partition coefficient (Wildman–Crippen LogP) is 1.83. The highest BCUT2D eigenvalue weighted by Gasteiger charge is 2.56. The first-order valence-electron chi connectivity index (χ1n) is 9.00. The van der Waals surface area contributed by atoms with Gasteiger partial charge in [0.1, 0.15) is 12.1 Å². The highest BCUT2D eigenvalue weighted by molar-refractivity contribution is 6.09. The van der Waals surface area contributed by atoms with E-state index in [2.05, 4.69) is 36.4 Å². The van der Waals surface area contributed by atoms with Crippen molar-refractivity contribution in [2.24, 2.45) is 11.3 Å². The highest BCUT2D eigenvalue weighted by atomic mass is 16.2. The van der Waals surface area contributed by atoms with Gasteiger partial charge in [0.25, 0.3) is 5.91 Å². The van der Waals surface area contributed by atoms with Crippen LogP contribution in [0.2, 0.25) is 0 Å². The van der Waals surface area contributed by atoms with E-state index < -0.39 is 11.6 Å². The van der Waals surface area contributed by atoms with E-state index in [0.717, 1.165) is 16.9 Å². The van der Waals surface area contributed by atoms with Crippen molar-refractivity contribution in [1.29, 1.82) is 0 Å². The number of imide groups is 1. The summed E-state index contributed by atoms with van der Waals surface area (Å²) in [6, 6.07) is 3.13. The van der Waals surface area contributed by atoms with E-state index in [0.29, 0.717) is 25.3 Å². The molecule has 4 amide bonds. The van der Waals surface area contributed by atoms with Crippen LogP contribution in [0, 0.1) is 11.3 Å². The second-order valence-corrected chi connectivity index (χ2v) is 8.39. The average molecular weight is 358 g/mol. The van der Waals surface area contributed by atoms with E-state index in [1.54, 1.807) is 24.5 Å². The fourth-order valence-corrected chi connectivity index (χ4v) is 4.55. The van der Waals surface area contributed by atoms with E-state index >= 15 is 0 Å². The van der Waals surface area contributed by atoms with Crippen LogP contribution in [-0.2, 0) is 16.1 Å². The van der Waals surface area contributed by atoms with Gasteiger partial charge in [0.2, 0.25) is 5.91 Å². The fourth-order valence-electron chi connectivity index (χ4n) is 4.55. The van der Waals surface area contributed by atoms with Crippen molar-refractivity contribution in [3.63, 3.8) is 0 Å². The minimum Gasteiger partial charge on any atom is -0.350 e. The number of hydrogen-bond acceptors (Lipinski definition) is 4. The Labute approximate surface area is 153 Å². The average Bonchev–Trinajstić information content (AvgIpc) is 2.75. The third kappa shape index (κ3) is 3.71. The zero-order valence-electron chi connectivity index (χ0n) is 15.5. The molecule has 2 fully saturated rings. The zero-order valence-corrected chi connectivity index (χ0v) is 15.5. The Kier molecular flexibility index (Phi) is 4.73. The van der Waals surface area contributed by atoms with Crippen LogP contribution < -0.4 is 10.6 Å². The summed E-state index contributed by atoms with van der Waals surface area (Å²) in [6.07, 6.45) is 5.54. The van der Waals surface area contributed by atoms with Crippen LogP contribution >= 0.6 is 0 Å². The Balaban J connectivity index is 1.65. The van der Waals surface area contributed by atoms with Crippen molar-refractivity contribution < 1.29 is 14.4 Å². The number of carbonyl (C=O) groups is 3. The lowest BCUT2D eigenvalue weighted by Gasteiger charge is -2.43. The molecule has 1 aliphatic heterocycles. The van der Waals surface area contributed by atoms with Crippen molar-refractivity contribution in [2.45, 2.75) is 52.1 Å². The number of nitrogens with one attached hydrogen (secondary N) is 2. The lowest BCUT2D eigenvalue weighted by atomic mass is 9.64. The maximum atomic E-state index is 13.0. The molecule has 2 N–H and O–H groups in total. The van der Waals surface area contributed by atoms with Crippen molar-refractivity contribution >= 4 is 17.8 Å². The molecule has 7 heteroatoms. The first kappa shape index (κ1) is 18.4. The molecule has 2 atom stereocenters. The molecule has 7 nitrogen and oxygen atoms in total. The Morgan fingerprint density at radius 1 is 1.31 bits per heavy atom. The van der Waals surface area contributed by atoms with Gasteiger partial charge in [0.05, 0.1) is 0 Å². The van der Waals surface area contributed by atoms with Crippen LogP contribution in [0.3, 0.4) is 0 Å². The molecular formula is C19H26N4O3. The molecule has 1 aliphatic carbocycles. The van der Waals surface area contributed by atoms with Gasteiger partial charge < -0.3 is 10.6 Å². The summed E-state index contributed by atoms with van der Waals surface area (Å²) in [5.74, 6) is -0.296. The van der Waals surface area contributed by atoms with Crippen LogP contribution in [0.25, 0.3) is 0 Å². The van der Waals surface area contributed by atoms with Crippen molar-refractivity contribution in [3.05, 3.63) is 30.1 Å². The summed E-state index contributed by atoms with van der Waals surface area (Å²) in [6.45, 7) is 6.42. The Bertz CT molecular complexity index is 719. The Hall–Kier alpha value is -2.44. The molecule has 0 unspecified atom stereocenters. The number of carbonyl (C=O) groups excluding carboxylic acids is 3. The number of nitrogens with zero attached hydrogens (tertiary/aromatic N) is 2. The molecule has 0 aromatic carbocycles. The number of pyridine rings is 1. The van der Waals surface area contributed by atoms with Gasteiger partial charge in [0, 0.05) is 18.9 Å². The summed E-state index contributed by atoms with van der Waals surface area (Å²) in [4.78, 5) is 42.6. The Morgan fingerprint density at radius 2 is 2.00 bits per heavy atom. The smallest absolute Gasteiger partial charge is 0.325 e. The van der Waals surface area contributed by atoms with Gasteiger partial charge in [0.15, 0.2) is 0 Å². The summed E-state index contributed by atoms with van der Waals surface area (Å²) in [7, 11) is 0. The van der Waals surface area contributed by atoms with E-state index in [1.165, 1.54) is 0 Å². The predicted molar refractivity (Wildman–Crippen MR) is 95.9 cm³/mol. The van der Waals surface area contributed by atoms with Gasteiger partial charge >= 0.3 is 6.03 Å². The number of hydrogen-bond donors (Lipinski definition) is 2. The number of rotatable bonds is 4. The van der Waals surface area contributed by atoms with Crippen LogP contribution in [0.4, 0.5) is 4.79 Å². The van der Waals surface area contributed by atoms with Crippen LogP contribution in [-0.4, -0.2) is 39.8 Å². The molecule has 1 saturated heterocycles. The van der Waals surface area contributed by atoms with E-state index in [-0.39, 0.29) is 23.8 Å². The van der Waals surface area contributed by atoms with Gasteiger partial charge in [-0.15, -0.1) is 0 Å². The maximum absolute atomic E-state index is 13.0. The summed E-state index contributed by atoms with van der Waals surface area (Å²) < 4.78 is 0.